The van der Waals surface area contributed by atoms with Crippen LogP contribution in [-0.2, 0) is 32.0 Å². The van der Waals surface area contributed by atoms with Gasteiger partial charge < -0.3 is 20.8 Å². The Morgan fingerprint density at radius 2 is 0.917 bits per heavy atom. The number of aliphatic carboxylic acids is 2. The van der Waals surface area contributed by atoms with Crippen molar-refractivity contribution in [3.05, 3.63) is 71.8 Å². The first kappa shape index (κ1) is 26.9. The SMILES string of the molecule is O=C(O)[C@H]1CC[C@H]1C(=O)NCCc1ccccc1.O=C(O)[C@H]1CC[C@H]1C(=O)NCCc1ccccc1. The van der Waals surface area contributed by atoms with Crippen molar-refractivity contribution in [3.63, 3.8) is 0 Å². The third kappa shape index (κ3) is 7.66. The average molecular weight is 495 g/mol. The highest BCUT2D eigenvalue weighted by Crippen LogP contribution is 2.35. The van der Waals surface area contributed by atoms with E-state index in [1.54, 1.807) is 0 Å². The quantitative estimate of drug-likeness (QED) is 0.401. The van der Waals surface area contributed by atoms with E-state index in [0.29, 0.717) is 38.8 Å². The zero-order valence-electron chi connectivity index (χ0n) is 20.3. The van der Waals surface area contributed by atoms with Crippen LogP contribution in [0.15, 0.2) is 60.7 Å². The third-order valence-electron chi connectivity index (χ3n) is 6.97. The van der Waals surface area contributed by atoms with Crippen molar-refractivity contribution in [1.82, 2.24) is 10.6 Å². The maximum absolute atomic E-state index is 11.8. The molecule has 4 atom stereocenters. The van der Waals surface area contributed by atoms with Crippen molar-refractivity contribution in [2.45, 2.75) is 38.5 Å². The molecule has 2 aromatic rings. The standard InChI is InChI=1S/2C14H17NO3/c2*16-13(11-6-7-12(11)14(17)18)15-9-8-10-4-2-1-3-5-10/h2*1-5,11-12H,6-9H2,(H,15,16)(H,17,18)/t2*11-,12+/m11/s1. The summed E-state index contributed by atoms with van der Waals surface area (Å²) in [6, 6.07) is 19.8. The molecule has 8 nitrogen and oxygen atoms in total. The van der Waals surface area contributed by atoms with Crippen LogP contribution < -0.4 is 10.6 Å². The van der Waals surface area contributed by atoms with Crippen molar-refractivity contribution >= 4 is 23.8 Å². The highest BCUT2D eigenvalue weighted by molar-refractivity contribution is 5.86. The summed E-state index contributed by atoms with van der Waals surface area (Å²) < 4.78 is 0. The van der Waals surface area contributed by atoms with Crippen LogP contribution in [0.25, 0.3) is 0 Å². The molecule has 4 N–H and O–H groups in total. The maximum atomic E-state index is 11.8. The number of carboxylic acid groups (broad SMARTS) is 2. The predicted molar refractivity (Wildman–Crippen MR) is 134 cm³/mol. The Morgan fingerprint density at radius 1 is 0.583 bits per heavy atom. The normalized spacial score (nSPS) is 22.0. The zero-order chi connectivity index (χ0) is 25.9. The van der Waals surface area contributed by atoms with Crippen molar-refractivity contribution < 1.29 is 29.4 Å². The molecule has 36 heavy (non-hydrogen) atoms. The van der Waals surface area contributed by atoms with Crippen molar-refractivity contribution in [2.75, 3.05) is 13.1 Å². The Morgan fingerprint density at radius 3 is 1.19 bits per heavy atom. The average Bonchev–Trinajstić information content (AvgIpc) is 2.79. The molecule has 0 saturated heterocycles. The molecule has 0 unspecified atom stereocenters. The fraction of sp³-hybridized carbons (Fsp3) is 0.429. The van der Waals surface area contributed by atoms with Gasteiger partial charge >= 0.3 is 11.9 Å². The molecule has 2 aliphatic carbocycles. The van der Waals surface area contributed by atoms with Crippen molar-refractivity contribution in [2.24, 2.45) is 23.7 Å². The van der Waals surface area contributed by atoms with Crippen LogP contribution >= 0.6 is 0 Å². The summed E-state index contributed by atoms with van der Waals surface area (Å²) in [5.74, 6) is -3.59. The molecule has 0 aromatic heterocycles. The van der Waals surface area contributed by atoms with Gasteiger partial charge in [-0.2, -0.15) is 0 Å². The zero-order valence-corrected chi connectivity index (χ0v) is 20.3. The molecule has 2 aromatic carbocycles. The number of carbonyl (C=O) groups is 4. The minimum atomic E-state index is -0.857. The number of benzene rings is 2. The van der Waals surface area contributed by atoms with E-state index in [-0.39, 0.29) is 23.7 Å². The van der Waals surface area contributed by atoms with Gasteiger partial charge in [0.15, 0.2) is 0 Å². The molecule has 2 fully saturated rings. The lowest BCUT2D eigenvalue weighted by Gasteiger charge is -2.31. The molecule has 2 saturated carbocycles. The Balaban J connectivity index is 0.000000201. The predicted octanol–water partition coefficient (Wildman–Crippen LogP) is 2.91. The monoisotopic (exact) mass is 494 g/mol. The first-order valence-electron chi connectivity index (χ1n) is 12.5. The van der Waals surface area contributed by atoms with E-state index in [2.05, 4.69) is 10.6 Å². The Bertz CT molecular complexity index is 943. The summed E-state index contributed by atoms with van der Waals surface area (Å²) in [7, 11) is 0. The Hall–Kier alpha value is -3.68. The second-order valence-corrected chi connectivity index (χ2v) is 9.31. The van der Waals surface area contributed by atoms with Crippen molar-refractivity contribution in [1.29, 1.82) is 0 Å². The van der Waals surface area contributed by atoms with Gasteiger partial charge in [-0.1, -0.05) is 60.7 Å². The minimum Gasteiger partial charge on any atom is -0.481 e. The molecular formula is C28H34N2O6. The van der Waals surface area contributed by atoms with Gasteiger partial charge in [-0.05, 0) is 49.7 Å². The van der Waals surface area contributed by atoms with Crippen LogP contribution in [0.4, 0.5) is 0 Å². The third-order valence-corrected chi connectivity index (χ3v) is 6.97. The van der Waals surface area contributed by atoms with Crippen LogP contribution in [0.3, 0.4) is 0 Å². The fourth-order valence-electron chi connectivity index (χ4n) is 4.43. The minimum absolute atomic E-state index is 0.121. The van der Waals surface area contributed by atoms with Gasteiger partial charge in [0, 0.05) is 13.1 Å². The molecule has 8 heteroatoms. The summed E-state index contributed by atoms with van der Waals surface area (Å²) in [6.45, 7) is 1.12. The molecule has 0 heterocycles. The lowest BCUT2D eigenvalue weighted by atomic mass is 9.73. The summed E-state index contributed by atoms with van der Waals surface area (Å²) in [5, 5.41) is 23.4. The summed E-state index contributed by atoms with van der Waals surface area (Å²) in [6.07, 6.45) is 4.16. The fourth-order valence-corrected chi connectivity index (χ4v) is 4.43. The summed E-state index contributed by atoms with van der Waals surface area (Å²) in [4.78, 5) is 45.1. The van der Waals surface area contributed by atoms with E-state index in [0.717, 1.165) is 12.8 Å². The first-order chi connectivity index (χ1) is 17.4. The topological polar surface area (TPSA) is 133 Å². The van der Waals surface area contributed by atoms with Gasteiger partial charge in [0.05, 0.1) is 23.7 Å². The Kier molecular flexibility index (Phi) is 10.0. The Labute approximate surface area is 211 Å². The van der Waals surface area contributed by atoms with E-state index in [9.17, 15) is 19.2 Å². The van der Waals surface area contributed by atoms with Crippen molar-refractivity contribution in [3.8, 4) is 0 Å². The van der Waals surface area contributed by atoms with Crippen LogP contribution in [0.2, 0.25) is 0 Å². The molecule has 4 rings (SSSR count). The lowest BCUT2D eigenvalue weighted by molar-refractivity contribution is -0.152. The number of amides is 2. The number of carboxylic acids is 2. The van der Waals surface area contributed by atoms with E-state index in [1.807, 2.05) is 60.7 Å². The molecular weight excluding hydrogens is 460 g/mol. The van der Waals surface area contributed by atoms with Crippen LogP contribution in [0, 0.1) is 23.7 Å². The van der Waals surface area contributed by atoms with E-state index < -0.39 is 23.8 Å². The number of hydrogen-bond donors (Lipinski definition) is 4. The van der Waals surface area contributed by atoms with Crippen LogP contribution in [-0.4, -0.2) is 47.1 Å². The number of rotatable bonds is 10. The van der Waals surface area contributed by atoms with Crippen LogP contribution in [0.5, 0.6) is 0 Å². The highest BCUT2D eigenvalue weighted by Gasteiger charge is 2.41. The van der Waals surface area contributed by atoms with E-state index in [4.69, 9.17) is 10.2 Å². The molecule has 2 aliphatic rings. The number of carbonyl (C=O) groups excluding carboxylic acids is 2. The van der Waals surface area contributed by atoms with E-state index in [1.165, 1.54) is 11.1 Å². The smallest absolute Gasteiger partial charge is 0.307 e. The molecule has 0 spiro atoms. The summed E-state index contributed by atoms with van der Waals surface area (Å²) >= 11 is 0. The second-order valence-electron chi connectivity index (χ2n) is 9.31. The highest BCUT2D eigenvalue weighted by atomic mass is 16.4. The molecule has 192 valence electrons. The first-order valence-corrected chi connectivity index (χ1v) is 12.5. The molecule has 0 bridgehead atoms. The largest absolute Gasteiger partial charge is 0.481 e. The van der Waals surface area contributed by atoms with Gasteiger partial charge in [0.25, 0.3) is 0 Å². The number of nitrogens with one attached hydrogen (secondary N) is 2. The molecule has 0 aliphatic heterocycles. The van der Waals surface area contributed by atoms with Gasteiger partial charge in [-0.15, -0.1) is 0 Å². The maximum Gasteiger partial charge on any atom is 0.307 e. The molecule has 2 amide bonds. The number of hydrogen-bond acceptors (Lipinski definition) is 4. The summed E-state index contributed by atoms with van der Waals surface area (Å²) in [5.41, 5.74) is 2.34. The van der Waals surface area contributed by atoms with Gasteiger partial charge in [-0.25, -0.2) is 0 Å². The second kappa shape index (κ2) is 13.4. The lowest BCUT2D eigenvalue weighted by Crippen LogP contribution is -2.44. The van der Waals surface area contributed by atoms with Gasteiger partial charge in [0.2, 0.25) is 11.8 Å². The van der Waals surface area contributed by atoms with Gasteiger partial charge in [0.1, 0.15) is 0 Å². The van der Waals surface area contributed by atoms with E-state index >= 15 is 0 Å². The van der Waals surface area contributed by atoms with Crippen LogP contribution in [0.1, 0.15) is 36.8 Å². The van der Waals surface area contributed by atoms with Gasteiger partial charge in [-0.3, -0.25) is 19.2 Å². The molecule has 0 radical (unpaired) electrons.